The number of aryl methyl sites for hydroxylation is 2. The van der Waals surface area contributed by atoms with Crippen LogP contribution in [-0.4, -0.2) is 20.6 Å². The number of rotatable bonds is 3. The maximum absolute atomic E-state index is 7.52. The molecule has 2 heterocycles. The Hall–Kier alpha value is -1.82. The monoisotopic (exact) mass is 247 g/mol. The summed E-state index contributed by atoms with van der Waals surface area (Å²) in [5, 5.41) is 12.4. The third-order valence-corrected chi connectivity index (χ3v) is 3.14. The lowest BCUT2D eigenvalue weighted by molar-refractivity contribution is 0.766. The first-order valence-electron chi connectivity index (χ1n) is 5.05. The van der Waals surface area contributed by atoms with Gasteiger partial charge < -0.3 is 5.73 Å². The van der Waals surface area contributed by atoms with Gasteiger partial charge in [-0.1, -0.05) is 11.8 Å². The van der Waals surface area contributed by atoms with E-state index in [1.165, 1.54) is 11.8 Å². The highest BCUT2D eigenvalue weighted by Gasteiger charge is 2.10. The van der Waals surface area contributed by atoms with Crippen LogP contribution in [-0.2, 0) is 7.05 Å². The molecule has 5 nitrogen and oxygen atoms in total. The standard InChI is InChI=1S/C11H13N5S/c1-7-3-4-9(10(12)13)11(15-7)17-8-5-14-16(2)6-8/h3-6H,1-2H3,(H3,12,13). The molecular weight excluding hydrogens is 234 g/mol. The third-order valence-electron chi connectivity index (χ3n) is 2.19. The van der Waals surface area contributed by atoms with E-state index in [4.69, 9.17) is 11.1 Å². The van der Waals surface area contributed by atoms with Crippen LogP contribution in [0.15, 0.2) is 34.4 Å². The number of hydrogen-bond donors (Lipinski definition) is 2. The van der Waals surface area contributed by atoms with Crippen molar-refractivity contribution in [3.63, 3.8) is 0 Å². The van der Waals surface area contributed by atoms with Gasteiger partial charge in [0.15, 0.2) is 0 Å². The molecule has 0 amide bonds. The van der Waals surface area contributed by atoms with E-state index in [0.29, 0.717) is 5.56 Å². The van der Waals surface area contributed by atoms with Crippen LogP contribution >= 0.6 is 11.8 Å². The summed E-state index contributed by atoms with van der Waals surface area (Å²) in [4.78, 5) is 5.38. The molecule has 0 bridgehead atoms. The first-order chi connectivity index (χ1) is 8.06. The van der Waals surface area contributed by atoms with Gasteiger partial charge in [0.05, 0.1) is 11.1 Å². The van der Waals surface area contributed by atoms with E-state index in [-0.39, 0.29) is 5.84 Å². The van der Waals surface area contributed by atoms with E-state index < -0.39 is 0 Å². The molecule has 0 radical (unpaired) electrons. The fourth-order valence-corrected chi connectivity index (χ4v) is 2.38. The molecule has 0 unspecified atom stereocenters. The molecule has 0 aliphatic heterocycles. The van der Waals surface area contributed by atoms with Crippen molar-refractivity contribution in [1.82, 2.24) is 14.8 Å². The highest BCUT2D eigenvalue weighted by Crippen LogP contribution is 2.28. The minimum absolute atomic E-state index is 0.0314. The largest absolute Gasteiger partial charge is 0.384 e. The lowest BCUT2D eigenvalue weighted by Crippen LogP contribution is -2.13. The Labute approximate surface area is 104 Å². The molecule has 2 aromatic heterocycles. The van der Waals surface area contributed by atoms with Crippen molar-refractivity contribution in [1.29, 1.82) is 5.41 Å². The van der Waals surface area contributed by atoms with Crippen molar-refractivity contribution in [2.45, 2.75) is 16.8 Å². The molecule has 2 rings (SSSR count). The van der Waals surface area contributed by atoms with E-state index in [9.17, 15) is 0 Å². The zero-order valence-corrected chi connectivity index (χ0v) is 10.5. The molecule has 0 fully saturated rings. The van der Waals surface area contributed by atoms with Crippen molar-refractivity contribution in [3.8, 4) is 0 Å². The van der Waals surface area contributed by atoms with Gasteiger partial charge in [-0.15, -0.1) is 0 Å². The maximum Gasteiger partial charge on any atom is 0.125 e. The van der Waals surface area contributed by atoms with E-state index in [2.05, 4.69) is 10.1 Å². The Balaban J connectivity index is 2.37. The summed E-state index contributed by atoms with van der Waals surface area (Å²) in [6, 6.07) is 3.67. The van der Waals surface area contributed by atoms with Crippen LogP contribution in [0, 0.1) is 12.3 Å². The summed E-state index contributed by atoms with van der Waals surface area (Å²) in [5.74, 6) is 0.0314. The Bertz CT molecular complexity index is 561. The quantitative estimate of drug-likeness (QED) is 0.637. The van der Waals surface area contributed by atoms with E-state index in [1.807, 2.05) is 32.3 Å². The summed E-state index contributed by atoms with van der Waals surface area (Å²) in [7, 11) is 1.86. The number of nitrogens with one attached hydrogen (secondary N) is 1. The number of hydrogen-bond acceptors (Lipinski definition) is 4. The minimum Gasteiger partial charge on any atom is -0.384 e. The average Bonchev–Trinajstić information content (AvgIpc) is 2.63. The molecule has 0 aromatic carbocycles. The first-order valence-corrected chi connectivity index (χ1v) is 5.86. The molecule has 88 valence electrons. The van der Waals surface area contributed by atoms with Crippen LogP contribution in [0.3, 0.4) is 0 Å². The van der Waals surface area contributed by atoms with E-state index in [0.717, 1.165) is 15.6 Å². The predicted octanol–water partition coefficient (Wildman–Crippen LogP) is 1.56. The number of nitrogens with two attached hydrogens (primary N) is 1. The molecule has 0 aliphatic rings. The smallest absolute Gasteiger partial charge is 0.125 e. The topological polar surface area (TPSA) is 80.6 Å². The van der Waals surface area contributed by atoms with Crippen LogP contribution in [0.4, 0.5) is 0 Å². The molecule has 3 N–H and O–H groups in total. The molecule has 6 heteroatoms. The molecular formula is C11H13N5S. The van der Waals surface area contributed by atoms with Crippen molar-refractivity contribution in [3.05, 3.63) is 35.8 Å². The van der Waals surface area contributed by atoms with Gasteiger partial charge in [-0.25, -0.2) is 4.98 Å². The lowest BCUT2D eigenvalue weighted by Gasteiger charge is -2.06. The zero-order chi connectivity index (χ0) is 12.4. The van der Waals surface area contributed by atoms with Crippen LogP contribution in [0.2, 0.25) is 0 Å². The number of nitrogens with zero attached hydrogens (tertiary/aromatic N) is 3. The zero-order valence-electron chi connectivity index (χ0n) is 9.64. The van der Waals surface area contributed by atoms with Crippen LogP contribution < -0.4 is 5.73 Å². The molecule has 0 atom stereocenters. The Kier molecular flexibility index (Phi) is 3.14. The van der Waals surface area contributed by atoms with Crippen LogP contribution in [0.25, 0.3) is 0 Å². The predicted molar refractivity (Wildman–Crippen MR) is 67.3 cm³/mol. The van der Waals surface area contributed by atoms with Gasteiger partial charge in [0.25, 0.3) is 0 Å². The van der Waals surface area contributed by atoms with Crippen LogP contribution in [0.1, 0.15) is 11.3 Å². The van der Waals surface area contributed by atoms with E-state index in [1.54, 1.807) is 10.9 Å². The van der Waals surface area contributed by atoms with Gasteiger partial charge in [0.1, 0.15) is 10.9 Å². The molecule has 0 spiro atoms. The fourth-order valence-electron chi connectivity index (χ4n) is 1.38. The van der Waals surface area contributed by atoms with Crippen molar-refractivity contribution in [2.75, 3.05) is 0 Å². The second kappa shape index (κ2) is 4.58. The first kappa shape index (κ1) is 11.7. The molecule has 0 saturated heterocycles. The maximum atomic E-state index is 7.52. The third kappa shape index (κ3) is 2.65. The molecule has 0 aliphatic carbocycles. The Morgan fingerprint density at radius 1 is 1.47 bits per heavy atom. The van der Waals surface area contributed by atoms with Crippen molar-refractivity contribution < 1.29 is 0 Å². The summed E-state index contributed by atoms with van der Waals surface area (Å²) < 4.78 is 1.73. The summed E-state index contributed by atoms with van der Waals surface area (Å²) in [6.07, 6.45) is 3.66. The fraction of sp³-hybridized carbons (Fsp3) is 0.182. The Morgan fingerprint density at radius 2 is 2.24 bits per heavy atom. The highest BCUT2D eigenvalue weighted by molar-refractivity contribution is 7.99. The second-order valence-corrected chi connectivity index (χ2v) is 4.73. The summed E-state index contributed by atoms with van der Waals surface area (Å²) in [5.41, 5.74) is 7.09. The van der Waals surface area contributed by atoms with Gasteiger partial charge in [-0.2, -0.15) is 5.10 Å². The number of aromatic nitrogens is 3. The molecule has 0 saturated carbocycles. The Morgan fingerprint density at radius 3 is 2.82 bits per heavy atom. The number of pyridine rings is 1. The van der Waals surface area contributed by atoms with Crippen molar-refractivity contribution in [2.24, 2.45) is 12.8 Å². The van der Waals surface area contributed by atoms with Gasteiger partial charge in [-0.05, 0) is 19.1 Å². The van der Waals surface area contributed by atoms with E-state index >= 15 is 0 Å². The number of nitrogen functional groups attached to an aromatic ring is 1. The lowest BCUT2D eigenvalue weighted by atomic mass is 10.2. The summed E-state index contributed by atoms with van der Waals surface area (Å²) >= 11 is 1.46. The average molecular weight is 247 g/mol. The number of amidine groups is 1. The van der Waals surface area contributed by atoms with Crippen LogP contribution in [0.5, 0.6) is 0 Å². The van der Waals surface area contributed by atoms with Gasteiger partial charge >= 0.3 is 0 Å². The molecule has 2 aromatic rings. The van der Waals surface area contributed by atoms with Gasteiger partial charge in [0.2, 0.25) is 0 Å². The minimum atomic E-state index is 0.0314. The summed E-state index contributed by atoms with van der Waals surface area (Å²) in [6.45, 7) is 1.91. The van der Waals surface area contributed by atoms with Gasteiger partial charge in [-0.3, -0.25) is 10.1 Å². The van der Waals surface area contributed by atoms with Gasteiger partial charge in [0, 0.05) is 24.5 Å². The highest BCUT2D eigenvalue weighted by atomic mass is 32.2. The second-order valence-electron chi connectivity index (χ2n) is 3.67. The molecule has 17 heavy (non-hydrogen) atoms. The normalized spacial score (nSPS) is 10.5. The van der Waals surface area contributed by atoms with Crippen molar-refractivity contribution >= 4 is 17.6 Å². The SMILES string of the molecule is Cc1ccc(C(=N)N)c(Sc2cnn(C)c2)n1.